The van der Waals surface area contributed by atoms with Crippen LogP contribution in [0.25, 0.3) is 0 Å². The van der Waals surface area contributed by atoms with Crippen LogP contribution in [0.4, 0.5) is 5.69 Å². The lowest BCUT2D eigenvalue weighted by molar-refractivity contribution is 0.211. The Balaban J connectivity index is 2.58. The summed E-state index contributed by atoms with van der Waals surface area (Å²) in [6, 6.07) is 8.31. The van der Waals surface area contributed by atoms with Crippen molar-refractivity contribution in [3.8, 4) is 0 Å². The molecule has 0 amide bonds. The van der Waals surface area contributed by atoms with E-state index >= 15 is 0 Å². The monoisotopic (exact) mass is 276 g/mol. The number of nitrogens with zero attached hydrogens (tertiary/aromatic N) is 1. The summed E-state index contributed by atoms with van der Waals surface area (Å²) in [4.78, 5) is 2.60. The Labute approximate surface area is 125 Å². The second-order valence-corrected chi connectivity index (χ2v) is 5.90. The molecule has 1 aromatic carbocycles. The van der Waals surface area contributed by atoms with Crippen molar-refractivity contribution in [3.05, 3.63) is 29.8 Å². The number of hydrogen-bond acceptors (Lipinski definition) is 2. The summed E-state index contributed by atoms with van der Waals surface area (Å²) < 4.78 is 0. The quantitative estimate of drug-likeness (QED) is 0.628. The zero-order valence-electron chi connectivity index (χ0n) is 13.6. The van der Waals surface area contributed by atoms with Gasteiger partial charge in [0.1, 0.15) is 0 Å². The van der Waals surface area contributed by atoms with Crippen LogP contribution in [-0.2, 0) is 6.54 Å². The Morgan fingerprint density at radius 2 is 1.95 bits per heavy atom. The van der Waals surface area contributed by atoms with E-state index in [1.165, 1.54) is 50.8 Å². The van der Waals surface area contributed by atoms with Gasteiger partial charge in [0.2, 0.25) is 0 Å². The number of nitrogens with two attached hydrogens (primary N) is 1. The highest BCUT2D eigenvalue weighted by molar-refractivity contribution is 5.40. The Morgan fingerprint density at radius 1 is 1.15 bits per heavy atom. The zero-order valence-corrected chi connectivity index (χ0v) is 13.6. The lowest BCUT2D eigenvalue weighted by Crippen LogP contribution is -2.30. The minimum atomic E-state index is 0.836. The first-order chi connectivity index (χ1) is 9.69. The van der Waals surface area contributed by atoms with E-state index in [2.05, 4.69) is 43.9 Å². The number of nitrogen functional groups attached to an aromatic ring is 1. The molecule has 0 aromatic heterocycles. The molecule has 0 saturated heterocycles. The number of benzene rings is 1. The molecule has 0 radical (unpaired) electrons. The molecule has 0 bridgehead atoms. The van der Waals surface area contributed by atoms with Gasteiger partial charge >= 0.3 is 0 Å². The molecule has 0 aliphatic heterocycles. The van der Waals surface area contributed by atoms with Crippen molar-refractivity contribution in [2.45, 2.75) is 59.4 Å². The Bertz CT molecular complexity index is 362. The second kappa shape index (κ2) is 9.82. The minimum Gasteiger partial charge on any atom is -0.399 e. The third-order valence-corrected chi connectivity index (χ3v) is 3.96. The molecule has 1 atom stereocenters. The molecular formula is C18H32N2. The number of unbranched alkanes of at least 4 members (excludes halogenated alkanes) is 1. The predicted molar refractivity (Wildman–Crippen MR) is 89.7 cm³/mol. The molecule has 0 aliphatic carbocycles. The highest BCUT2D eigenvalue weighted by atomic mass is 15.1. The molecule has 114 valence electrons. The van der Waals surface area contributed by atoms with Crippen LogP contribution < -0.4 is 5.73 Å². The molecule has 1 aromatic rings. The molecule has 0 fully saturated rings. The smallest absolute Gasteiger partial charge is 0.0317 e. The average molecular weight is 276 g/mol. The van der Waals surface area contributed by atoms with Gasteiger partial charge in [0, 0.05) is 18.8 Å². The van der Waals surface area contributed by atoms with E-state index in [0.717, 1.165) is 18.2 Å². The summed E-state index contributed by atoms with van der Waals surface area (Å²) in [5.41, 5.74) is 8.09. The fourth-order valence-electron chi connectivity index (χ4n) is 2.78. The molecule has 20 heavy (non-hydrogen) atoms. The maximum absolute atomic E-state index is 5.88. The fraction of sp³-hybridized carbons (Fsp3) is 0.667. The van der Waals surface area contributed by atoms with E-state index in [9.17, 15) is 0 Å². The first kappa shape index (κ1) is 17.0. The fourth-order valence-corrected chi connectivity index (χ4v) is 2.78. The Morgan fingerprint density at radius 3 is 2.55 bits per heavy atom. The van der Waals surface area contributed by atoms with Crippen LogP contribution >= 0.6 is 0 Å². The minimum absolute atomic E-state index is 0.836. The third kappa shape index (κ3) is 6.42. The maximum atomic E-state index is 5.88. The van der Waals surface area contributed by atoms with Gasteiger partial charge in [0.25, 0.3) is 0 Å². The largest absolute Gasteiger partial charge is 0.399 e. The van der Waals surface area contributed by atoms with Crippen LogP contribution in [0.1, 0.15) is 58.4 Å². The van der Waals surface area contributed by atoms with Gasteiger partial charge < -0.3 is 5.73 Å². The summed E-state index contributed by atoms with van der Waals surface area (Å²) in [5, 5.41) is 0. The molecule has 0 aliphatic rings. The Hall–Kier alpha value is -1.02. The van der Waals surface area contributed by atoms with Crippen molar-refractivity contribution in [2.24, 2.45) is 5.92 Å². The first-order valence-electron chi connectivity index (χ1n) is 8.26. The standard InChI is InChI=1S/C18H32N2/c1-4-7-9-16(6-3)14-20(12-5-2)15-17-10-8-11-18(19)13-17/h8,10-11,13,16H,4-7,9,12,14-15,19H2,1-3H3. The van der Waals surface area contributed by atoms with Crippen LogP contribution in [0.15, 0.2) is 24.3 Å². The Kier molecular flexibility index (Phi) is 8.36. The molecule has 1 unspecified atom stereocenters. The molecule has 2 heteroatoms. The molecule has 2 N–H and O–H groups in total. The summed E-state index contributed by atoms with van der Waals surface area (Å²) in [6.45, 7) is 10.3. The van der Waals surface area contributed by atoms with Crippen LogP contribution in [0.5, 0.6) is 0 Å². The third-order valence-electron chi connectivity index (χ3n) is 3.96. The van der Waals surface area contributed by atoms with Gasteiger partial charge in [-0.15, -0.1) is 0 Å². The lowest BCUT2D eigenvalue weighted by atomic mass is 9.98. The van der Waals surface area contributed by atoms with Crippen molar-refractivity contribution in [2.75, 3.05) is 18.8 Å². The molecule has 1 rings (SSSR count). The van der Waals surface area contributed by atoms with Crippen molar-refractivity contribution in [3.63, 3.8) is 0 Å². The van der Waals surface area contributed by atoms with E-state index < -0.39 is 0 Å². The normalized spacial score (nSPS) is 12.8. The highest BCUT2D eigenvalue weighted by Crippen LogP contribution is 2.17. The van der Waals surface area contributed by atoms with Crippen LogP contribution in [0, 0.1) is 5.92 Å². The molecule has 2 nitrogen and oxygen atoms in total. The lowest BCUT2D eigenvalue weighted by Gasteiger charge is -2.27. The number of anilines is 1. The van der Waals surface area contributed by atoms with Crippen molar-refractivity contribution >= 4 is 5.69 Å². The van der Waals surface area contributed by atoms with E-state index in [1.807, 2.05) is 6.07 Å². The molecule has 0 heterocycles. The van der Waals surface area contributed by atoms with E-state index in [0.29, 0.717) is 0 Å². The highest BCUT2D eigenvalue weighted by Gasteiger charge is 2.12. The first-order valence-corrected chi connectivity index (χ1v) is 8.26. The number of rotatable bonds is 10. The van der Waals surface area contributed by atoms with Gasteiger partial charge in [0.15, 0.2) is 0 Å². The maximum Gasteiger partial charge on any atom is 0.0317 e. The predicted octanol–water partition coefficient (Wildman–Crippen LogP) is 4.70. The SMILES string of the molecule is CCCCC(CC)CN(CCC)Cc1cccc(N)c1. The van der Waals surface area contributed by atoms with Gasteiger partial charge in [-0.25, -0.2) is 0 Å². The van der Waals surface area contributed by atoms with Gasteiger partial charge in [-0.1, -0.05) is 52.2 Å². The van der Waals surface area contributed by atoms with Gasteiger partial charge in [0.05, 0.1) is 0 Å². The second-order valence-electron chi connectivity index (χ2n) is 5.90. The summed E-state index contributed by atoms with van der Waals surface area (Å²) in [6.07, 6.45) is 6.53. The van der Waals surface area contributed by atoms with E-state index in [4.69, 9.17) is 5.73 Å². The molecular weight excluding hydrogens is 244 g/mol. The number of hydrogen-bond donors (Lipinski definition) is 1. The van der Waals surface area contributed by atoms with Crippen molar-refractivity contribution < 1.29 is 0 Å². The van der Waals surface area contributed by atoms with Crippen LogP contribution in [-0.4, -0.2) is 18.0 Å². The molecule has 0 spiro atoms. The van der Waals surface area contributed by atoms with E-state index in [1.54, 1.807) is 0 Å². The van der Waals surface area contributed by atoms with Crippen molar-refractivity contribution in [1.29, 1.82) is 0 Å². The van der Waals surface area contributed by atoms with Crippen LogP contribution in [0.2, 0.25) is 0 Å². The average Bonchev–Trinajstić information content (AvgIpc) is 2.43. The van der Waals surface area contributed by atoms with Crippen molar-refractivity contribution in [1.82, 2.24) is 4.90 Å². The topological polar surface area (TPSA) is 29.3 Å². The summed E-state index contributed by atoms with van der Waals surface area (Å²) in [7, 11) is 0. The van der Waals surface area contributed by atoms with Gasteiger partial charge in [-0.05, 0) is 43.0 Å². The van der Waals surface area contributed by atoms with Gasteiger partial charge in [-0.3, -0.25) is 4.90 Å². The summed E-state index contributed by atoms with van der Waals surface area (Å²) in [5.74, 6) is 0.836. The molecule has 0 saturated carbocycles. The van der Waals surface area contributed by atoms with Gasteiger partial charge in [-0.2, -0.15) is 0 Å². The summed E-state index contributed by atoms with van der Waals surface area (Å²) >= 11 is 0. The van der Waals surface area contributed by atoms with E-state index in [-0.39, 0.29) is 0 Å². The van der Waals surface area contributed by atoms with Crippen LogP contribution in [0.3, 0.4) is 0 Å². The zero-order chi connectivity index (χ0) is 14.8.